The summed E-state index contributed by atoms with van der Waals surface area (Å²) in [6.07, 6.45) is 6.73. The van der Waals surface area contributed by atoms with Gasteiger partial charge in [0.25, 0.3) is 0 Å². The maximum atomic E-state index is 4.88. The summed E-state index contributed by atoms with van der Waals surface area (Å²) in [4.78, 5) is 10.1. The first-order chi connectivity index (χ1) is 10.3. The number of aliphatic imine (C=N–C) groups is 1. The molecule has 0 spiro atoms. The van der Waals surface area contributed by atoms with Crippen molar-refractivity contribution in [1.82, 2.24) is 20.4 Å². The van der Waals surface area contributed by atoms with E-state index in [4.69, 9.17) is 4.99 Å². The van der Waals surface area contributed by atoms with Crippen molar-refractivity contribution in [1.29, 1.82) is 0 Å². The molecule has 5 nitrogen and oxygen atoms in total. The summed E-state index contributed by atoms with van der Waals surface area (Å²) in [5, 5.41) is 7.07. The van der Waals surface area contributed by atoms with Crippen LogP contribution >= 0.6 is 0 Å². The number of hydrogen-bond acceptors (Lipinski definition) is 3. The van der Waals surface area contributed by atoms with Crippen LogP contribution in [0.1, 0.15) is 39.0 Å². The van der Waals surface area contributed by atoms with E-state index in [0.29, 0.717) is 12.1 Å². The van der Waals surface area contributed by atoms with Crippen molar-refractivity contribution in [2.24, 2.45) is 4.99 Å². The largest absolute Gasteiger partial charge is 0.357 e. The third kappa shape index (κ3) is 4.10. The summed E-state index contributed by atoms with van der Waals surface area (Å²) < 4.78 is 0. The van der Waals surface area contributed by atoms with Gasteiger partial charge in [-0.05, 0) is 19.8 Å². The van der Waals surface area contributed by atoms with Gasteiger partial charge >= 0.3 is 0 Å². The first-order valence-corrected chi connectivity index (χ1v) is 8.86. The van der Waals surface area contributed by atoms with Gasteiger partial charge in [-0.3, -0.25) is 14.8 Å². The molecule has 4 rings (SSSR count). The minimum absolute atomic E-state index is 0.620. The lowest BCUT2D eigenvalue weighted by molar-refractivity contribution is 0.0174. The summed E-state index contributed by atoms with van der Waals surface area (Å²) in [6.45, 7) is 10.2. The van der Waals surface area contributed by atoms with Gasteiger partial charge in [0.15, 0.2) is 5.96 Å². The Morgan fingerprint density at radius 2 is 1.86 bits per heavy atom. The molecule has 5 heteroatoms. The molecule has 2 N–H and O–H groups in total. The molecule has 0 aromatic carbocycles. The Labute approximate surface area is 129 Å². The van der Waals surface area contributed by atoms with Gasteiger partial charge in [-0.25, -0.2) is 0 Å². The highest BCUT2D eigenvalue weighted by atomic mass is 15.3. The van der Waals surface area contributed by atoms with Crippen molar-refractivity contribution in [3.8, 4) is 0 Å². The lowest BCUT2D eigenvalue weighted by Gasteiger charge is -2.47. The van der Waals surface area contributed by atoms with Crippen LogP contribution in [0.25, 0.3) is 0 Å². The van der Waals surface area contributed by atoms with Gasteiger partial charge in [0.05, 0.1) is 6.54 Å². The van der Waals surface area contributed by atoms with E-state index in [1.165, 1.54) is 64.8 Å². The second-order valence-corrected chi connectivity index (χ2v) is 6.69. The summed E-state index contributed by atoms with van der Waals surface area (Å²) in [5.74, 6) is 1.03. The molecular formula is C16H31N5. The molecule has 0 aromatic rings. The lowest BCUT2D eigenvalue weighted by atomic mass is 9.96. The van der Waals surface area contributed by atoms with Crippen molar-refractivity contribution >= 4 is 5.96 Å². The van der Waals surface area contributed by atoms with Crippen LogP contribution in [0, 0.1) is 0 Å². The predicted octanol–water partition coefficient (Wildman–Crippen LogP) is 0.874. The zero-order chi connectivity index (χ0) is 14.5. The number of nitrogens with one attached hydrogen (secondary N) is 2. The fourth-order valence-electron chi connectivity index (χ4n) is 3.85. The molecule has 21 heavy (non-hydrogen) atoms. The fraction of sp³-hybridized carbons (Fsp3) is 0.938. The maximum absolute atomic E-state index is 4.88. The Morgan fingerprint density at radius 3 is 2.48 bits per heavy atom. The highest BCUT2D eigenvalue weighted by molar-refractivity contribution is 5.80. The van der Waals surface area contributed by atoms with Crippen molar-refractivity contribution in [2.45, 2.75) is 51.1 Å². The second kappa shape index (κ2) is 7.45. The van der Waals surface area contributed by atoms with Crippen molar-refractivity contribution in [3.63, 3.8) is 0 Å². The van der Waals surface area contributed by atoms with Crippen LogP contribution in [0.4, 0.5) is 0 Å². The van der Waals surface area contributed by atoms with Gasteiger partial charge in [-0.1, -0.05) is 19.3 Å². The number of fused-ring (bicyclic) bond motifs is 3. The molecule has 0 radical (unpaired) electrons. The monoisotopic (exact) mass is 293 g/mol. The molecule has 3 heterocycles. The van der Waals surface area contributed by atoms with Crippen LogP contribution in [-0.4, -0.2) is 73.7 Å². The maximum Gasteiger partial charge on any atom is 0.191 e. The van der Waals surface area contributed by atoms with E-state index in [1.54, 1.807) is 0 Å². The summed E-state index contributed by atoms with van der Waals surface area (Å²) in [7, 11) is 0. The SMILES string of the molecule is CCNC(=NCC1CN2CCN1CC2)NC1CCCCC1. The second-order valence-electron chi connectivity index (χ2n) is 6.69. The lowest BCUT2D eigenvalue weighted by Crippen LogP contribution is -2.62. The summed E-state index contributed by atoms with van der Waals surface area (Å²) in [6, 6.07) is 1.25. The molecule has 3 saturated heterocycles. The molecule has 2 bridgehead atoms. The van der Waals surface area contributed by atoms with E-state index < -0.39 is 0 Å². The van der Waals surface area contributed by atoms with Crippen LogP contribution < -0.4 is 10.6 Å². The van der Waals surface area contributed by atoms with E-state index in [2.05, 4.69) is 27.4 Å². The van der Waals surface area contributed by atoms with Crippen molar-refractivity contribution in [3.05, 3.63) is 0 Å². The van der Waals surface area contributed by atoms with Crippen LogP contribution in [0.2, 0.25) is 0 Å². The highest BCUT2D eigenvalue weighted by Crippen LogP contribution is 2.18. The first-order valence-electron chi connectivity index (χ1n) is 8.86. The zero-order valence-electron chi connectivity index (χ0n) is 13.5. The van der Waals surface area contributed by atoms with E-state index >= 15 is 0 Å². The van der Waals surface area contributed by atoms with Crippen LogP contribution in [0.15, 0.2) is 4.99 Å². The Hall–Kier alpha value is -0.810. The molecule has 1 saturated carbocycles. The third-order valence-electron chi connectivity index (χ3n) is 5.14. The minimum atomic E-state index is 0.620. The van der Waals surface area contributed by atoms with E-state index in [0.717, 1.165) is 19.0 Å². The normalized spacial score (nSPS) is 34.0. The standard InChI is InChI=1S/C16H31N5/c1-2-17-16(19-14-6-4-3-5-7-14)18-12-15-13-20-8-10-21(15)11-9-20/h14-15H,2-13H2,1H3,(H2,17,18,19). The molecule has 0 amide bonds. The van der Waals surface area contributed by atoms with Gasteiger partial charge in [-0.2, -0.15) is 0 Å². The Balaban J connectivity index is 1.52. The summed E-state index contributed by atoms with van der Waals surface area (Å²) in [5.41, 5.74) is 0. The van der Waals surface area contributed by atoms with Crippen molar-refractivity contribution < 1.29 is 0 Å². The smallest absolute Gasteiger partial charge is 0.191 e. The van der Waals surface area contributed by atoms with Crippen LogP contribution in [0.3, 0.4) is 0 Å². The highest BCUT2D eigenvalue weighted by Gasteiger charge is 2.31. The average Bonchev–Trinajstić information content (AvgIpc) is 2.55. The minimum Gasteiger partial charge on any atom is -0.357 e. The van der Waals surface area contributed by atoms with Gasteiger partial charge < -0.3 is 10.6 Å². The zero-order valence-corrected chi connectivity index (χ0v) is 13.5. The first kappa shape index (κ1) is 15.1. The van der Waals surface area contributed by atoms with Gasteiger partial charge in [-0.15, -0.1) is 0 Å². The molecule has 4 aliphatic rings. The molecule has 1 unspecified atom stereocenters. The van der Waals surface area contributed by atoms with Gasteiger partial charge in [0.1, 0.15) is 0 Å². The van der Waals surface area contributed by atoms with Crippen molar-refractivity contribution in [2.75, 3.05) is 45.8 Å². The Morgan fingerprint density at radius 1 is 1.10 bits per heavy atom. The quantitative estimate of drug-likeness (QED) is 0.596. The molecule has 0 aromatic heterocycles. The van der Waals surface area contributed by atoms with E-state index in [9.17, 15) is 0 Å². The molecule has 120 valence electrons. The Kier molecular flexibility index (Phi) is 5.36. The third-order valence-corrected chi connectivity index (χ3v) is 5.14. The van der Waals surface area contributed by atoms with Crippen LogP contribution in [-0.2, 0) is 0 Å². The molecule has 3 aliphatic heterocycles. The number of hydrogen-bond donors (Lipinski definition) is 2. The predicted molar refractivity (Wildman–Crippen MR) is 87.8 cm³/mol. The topological polar surface area (TPSA) is 42.9 Å². The van der Waals surface area contributed by atoms with Gasteiger partial charge in [0, 0.05) is 51.4 Å². The van der Waals surface area contributed by atoms with E-state index in [-0.39, 0.29) is 0 Å². The number of guanidine groups is 1. The molecular weight excluding hydrogens is 262 g/mol. The van der Waals surface area contributed by atoms with Gasteiger partial charge in [0.2, 0.25) is 0 Å². The Bertz CT molecular complexity index is 343. The van der Waals surface area contributed by atoms with E-state index in [1.807, 2.05) is 0 Å². The number of piperazine rings is 3. The summed E-state index contributed by atoms with van der Waals surface area (Å²) >= 11 is 0. The average molecular weight is 293 g/mol. The van der Waals surface area contributed by atoms with Crippen LogP contribution in [0.5, 0.6) is 0 Å². The molecule has 4 fully saturated rings. The number of rotatable bonds is 4. The number of nitrogens with zero attached hydrogens (tertiary/aromatic N) is 3. The molecule has 1 aliphatic carbocycles. The molecule has 1 atom stereocenters. The fourth-order valence-corrected chi connectivity index (χ4v) is 3.85.